The van der Waals surface area contributed by atoms with Crippen LogP contribution >= 0.6 is 0 Å². The smallest absolute Gasteiger partial charge is 0.302 e. The Bertz CT molecular complexity index is 1180. The van der Waals surface area contributed by atoms with Crippen LogP contribution in [0.1, 0.15) is 38.7 Å². The molecule has 0 radical (unpaired) electrons. The number of carbonyl (C=O) groups excluding carboxylic acids is 3. The van der Waals surface area contributed by atoms with Crippen LogP contribution in [-0.2, 0) is 23.9 Å². The number of carbonyl (C=O) groups is 3. The van der Waals surface area contributed by atoms with Gasteiger partial charge in [-0.2, -0.15) is 5.26 Å². The summed E-state index contributed by atoms with van der Waals surface area (Å²) in [6, 6.07) is 12.8. The highest BCUT2D eigenvalue weighted by atomic mass is 16.6. The minimum atomic E-state index is -0.807. The van der Waals surface area contributed by atoms with E-state index in [-0.39, 0.29) is 24.4 Å². The summed E-state index contributed by atoms with van der Waals surface area (Å²) in [5, 5.41) is 10.8. The molecule has 7 nitrogen and oxygen atoms in total. The number of imide groups is 1. The summed E-state index contributed by atoms with van der Waals surface area (Å²) in [6.07, 6.45) is 1.70. The summed E-state index contributed by atoms with van der Waals surface area (Å²) >= 11 is 0. The number of rotatable bonds is 4. The number of hydrogen-bond acceptors (Lipinski definition) is 6. The number of ether oxygens (including phenoxy) is 2. The molecule has 2 unspecified atom stereocenters. The predicted octanol–water partition coefficient (Wildman–Crippen LogP) is 3.09. The van der Waals surface area contributed by atoms with Crippen LogP contribution in [0.25, 0.3) is 10.8 Å². The molecule has 3 aliphatic heterocycles. The number of benzene rings is 2. The van der Waals surface area contributed by atoms with Gasteiger partial charge in [0.25, 0.3) is 0 Å². The maximum Gasteiger partial charge on any atom is 0.302 e. The fourth-order valence-corrected chi connectivity index (χ4v) is 5.79. The molecule has 158 valence electrons. The minimum Gasteiger partial charge on any atom is -0.466 e. The normalized spacial score (nSPS) is 31.2. The standard InChI is InChI=1S/C24H22N2O5/c1-14(27)30-12-11-24-10-9-23(2,31-24)19-20(24)22(29)26(21(19)28)18-8-7-15(13-25)16-5-3-4-6-17(16)18/h3-8,19-20H,9-12H2,1-2H3/t19-,20+,23?,24?/m0/s1. The molecule has 0 aromatic heterocycles. The van der Waals surface area contributed by atoms with Crippen molar-refractivity contribution >= 4 is 34.2 Å². The molecule has 3 saturated heterocycles. The van der Waals surface area contributed by atoms with Crippen molar-refractivity contribution in [2.45, 2.75) is 44.3 Å². The Labute approximate surface area is 179 Å². The number of hydrogen-bond donors (Lipinski definition) is 0. The third kappa shape index (κ3) is 2.64. The van der Waals surface area contributed by atoms with Gasteiger partial charge >= 0.3 is 5.97 Å². The van der Waals surface area contributed by atoms with Gasteiger partial charge in [-0.25, -0.2) is 4.90 Å². The highest BCUT2D eigenvalue weighted by Gasteiger charge is 2.73. The van der Waals surface area contributed by atoms with Crippen molar-refractivity contribution < 1.29 is 23.9 Å². The van der Waals surface area contributed by atoms with Crippen LogP contribution in [0.4, 0.5) is 5.69 Å². The highest BCUT2D eigenvalue weighted by Crippen LogP contribution is 2.62. The molecule has 3 fully saturated rings. The molecule has 0 spiro atoms. The Morgan fingerprint density at radius 1 is 1.16 bits per heavy atom. The molecular weight excluding hydrogens is 396 g/mol. The van der Waals surface area contributed by atoms with Gasteiger partial charge in [0, 0.05) is 24.1 Å². The maximum absolute atomic E-state index is 13.7. The SMILES string of the molecule is CC(=O)OCCC12CCC(C)(O1)[C@@H]1C(=O)N(c3ccc(C#N)c4ccccc34)C(=O)[C@@H]12. The third-order valence-corrected chi connectivity index (χ3v) is 7.10. The summed E-state index contributed by atoms with van der Waals surface area (Å²) in [5.74, 6) is -2.10. The van der Waals surface area contributed by atoms with Crippen molar-refractivity contribution in [2.75, 3.05) is 11.5 Å². The predicted molar refractivity (Wildman–Crippen MR) is 111 cm³/mol. The van der Waals surface area contributed by atoms with Gasteiger partial charge in [0.1, 0.15) is 0 Å². The van der Waals surface area contributed by atoms with Crippen molar-refractivity contribution in [1.82, 2.24) is 0 Å². The fraction of sp³-hybridized carbons (Fsp3) is 0.417. The Morgan fingerprint density at radius 2 is 1.87 bits per heavy atom. The first-order valence-corrected chi connectivity index (χ1v) is 10.4. The molecule has 2 aromatic rings. The topological polar surface area (TPSA) is 96.7 Å². The van der Waals surface area contributed by atoms with Crippen LogP contribution in [0, 0.1) is 23.2 Å². The van der Waals surface area contributed by atoms with Gasteiger partial charge in [-0.05, 0) is 31.9 Å². The van der Waals surface area contributed by atoms with Gasteiger partial charge in [-0.1, -0.05) is 24.3 Å². The lowest BCUT2D eigenvalue weighted by Gasteiger charge is -2.30. The van der Waals surface area contributed by atoms with Crippen molar-refractivity contribution in [3.8, 4) is 6.07 Å². The summed E-state index contributed by atoms with van der Waals surface area (Å²) in [5.41, 5.74) is -0.534. The lowest BCUT2D eigenvalue weighted by atomic mass is 9.67. The Hall–Kier alpha value is -3.24. The zero-order valence-electron chi connectivity index (χ0n) is 17.4. The van der Waals surface area contributed by atoms with E-state index in [4.69, 9.17) is 9.47 Å². The van der Waals surface area contributed by atoms with E-state index < -0.39 is 23.0 Å². The second-order valence-corrected chi connectivity index (χ2v) is 8.83. The van der Waals surface area contributed by atoms with Crippen LogP contribution in [0.2, 0.25) is 0 Å². The molecule has 2 aromatic carbocycles. The van der Waals surface area contributed by atoms with Gasteiger partial charge < -0.3 is 9.47 Å². The second kappa shape index (κ2) is 6.63. The van der Waals surface area contributed by atoms with E-state index in [1.54, 1.807) is 12.1 Å². The van der Waals surface area contributed by atoms with Crippen molar-refractivity contribution in [1.29, 1.82) is 5.26 Å². The summed E-state index contributed by atoms with van der Waals surface area (Å²) in [4.78, 5) is 39.8. The van der Waals surface area contributed by atoms with Crippen LogP contribution in [0.3, 0.4) is 0 Å². The zero-order valence-corrected chi connectivity index (χ0v) is 17.4. The van der Waals surface area contributed by atoms with E-state index in [1.165, 1.54) is 11.8 Å². The van der Waals surface area contributed by atoms with Crippen LogP contribution in [0.5, 0.6) is 0 Å². The Balaban J connectivity index is 1.57. The first-order valence-electron chi connectivity index (χ1n) is 10.4. The van der Waals surface area contributed by atoms with Gasteiger partial charge in [-0.15, -0.1) is 0 Å². The summed E-state index contributed by atoms with van der Waals surface area (Å²) in [6.45, 7) is 3.39. The van der Waals surface area contributed by atoms with Gasteiger partial charge in [0.15, 0.2) is 0 Å². The fourth-order valence-electron chi connectivity index (χ4n) is 5.79. The molecular formula is C24H22N2O5. The summed E-state index contributed by atoms with van der Waals surface area (Å²) < 4.78 is 11.5. The van der Waals surface area contributed by atoms with Gasteiger partial charge in [0.2, 0.25) is 11.8 Å². The Morgan fingerprint density at radius 3 is 2.58 bits per heavy atom. The van der Waals surface area contributed by atoms with E-state index >= 15 is 0 Å². The molecule has 0 N–H and O–H groups in total. The van der Waals surface area contributed by atoms with E-state index in [1.807, 2.05) is 31.2 Å². The van der Waals surface area contributed by atoms with Crippen molar-refractivity contribution in [3.05, 3.63) is 42.0 Å². The molecule has 0 aliphatic carbocycles. The third-order valence-electron chi connectivity index (χ3n) is 7.10. The molecule has 2 bridgehead atoms. The number of esters is 1. The van der Waals surface area contributed by atoms with Gasteiger partial charge in [0.05, 0.1) is 47.0 Å². The number of nitriles is 1. The molecule has 0 saturated carbocycles. The first kappa shape index (κ1) is 19.7. The molecule has 7 heteroatoms. The molecule has 5 rings (SSSR count). The lowest BCUT2D eigenvalue weighted by Crippen LogP contribution is -2.43. The van der Waals surface area contributed by atoms with Crippen LogP contribution in [0.15, 0.2) is 36.4 Å². The molecule has 2 amide bonds. The maximum atomic E-state index is 13.7. The minimum absolute atomic E-state index is 0.149. The molecule has 3 heterocycles. The summed E-state index contributed by atoms with van der Waals surface area (Å²) in [7, 11) is 0. The van der Waals surface area contributed by atoms with E-state index in [0.717, 1.165) is 0 Å². The van der Waals surface area contributed by atoms with E-state index in [2.05, 4.69) is 6.07 Å². The number of amides is 2. The highest BCUT2D eigenvalue weighted by molar-refractivity contribution is 6.26. The average molecular weight is 418 g/mol. The van der Waals surface area contributed by atoms with Crippen LogP contribution < -0.4 is 4.90 Å². The number of nitrogens with zero attached hydrogens (tertiary/aromatic N) is 2. The quantitative estimate of drug-likeness (QED) is 0.559. The van der Waals surface area contributed by atoms with E-state index in [0.29, 0.717) is 41.3 Å². The van der Waals surface area contributed by atoms with Crippen LogP contribution in [-0.4, -0.2) is 35.6 Å². The molecule has 4 atom stereocenters. The molecule has 31 heavy (non-hydrogen) atoms. The number of fused-ring (bicyclic) bond motifs is 6. The second-order valence-electron chi connectivity index (χ2n) is 8.83. The molecule has 3 aliphatic rings. The monoisotopic (exact) mass is 418 g/mol. The first-order chi connectivity index (χ1) is 14.8. The van der Waals surface area contributed by atoms with E-state index in [9.17, 15) is 19.6 Å². The van der Waals surface area contributed by atoms with Gasteiger partial charge in [-0.3, -0.25) is 14.4 Å². The largest absolute Gasteiger partial charge is 0.466 e. The van der Waals surface area contributed by atoms with Crippen molar-refractivity contribution in [2.24, 2.45) is 11.8 Å². The lowest BCUT2D eigenvalue weighted by molar-refractivity contribution is -0.144. The number of anilines is 1. The Kier molecular flexibility index (Phi) is 4.21. The zero-order chi connectivity index (χ0) is 22.0. The van der Waals surface area contributed by atoms with Crippen molar-refractivity contribution in [3.63, 3.8) is 0 Å². The average Bonchev–Trinajstić information content (AvgIpc) is 3.32.